The van der Waals surface area contributed by atoms with E-state index >= 15 is 0 Å². The van der Waals surface area contributed by atoms with Crippen LogP contribution in [-0.2, 0) is 9.59 Å². The van der Waals surface area contributed by atoms with E-state index in [4.69, 9.17) is 30.6 Å². The normalized spacial score (nSPS) is 10.4. The van der Waals surface area contributed by atoms with E-state index in [1.165, 1.54) is 0 Å². The zero-order valence-electron chi connectivity index (χ0n) is 15.6. The summed E-state index contributed by atoms with van der Waals surface area (Å²) in [5.41, 5.74) is -0.306. The largest absolute Gasteiger partial charge is 0.481 e. The molecule has 152 valence electrons. The van der Waals surface area contributed by atoms with Crippen molar-refractivity contribution in [2.45, 2.75) is 78.4 Å². The summed E-state index contributed by atoms with van der Waals surface area (Å²) in [6.45, 7) is 5.77. The summed E-state index contributed by atoms with van der Waals surface area (Å²) in [6, 6.07) is 0. The van der Waals surface area contributed by atoms with Gasteiger partial charge < -0.3 is 30.6 Å². The van der Waals surface area contributed by atoms with Crippen LogP contribution in [0.5, 0.6) is 0 Å². The number of aliphatic carboxylic acids is 2. The minimum absolute atomic E-state index is 0.0451. The zero-order valence-corrected chi connectivity index (χ0v) is 15.6. The van der Waals surface area contributed by atoms with Crippen LogP contribution in [0, 0.1) is 5.41 Å². The van der Waals surface area contributed by atoms with Crippen LogP contribution in [0.15, 0.2) is 0 Å². The standard InChI is InChI=1S/C6H10O4.C6H14O2.C5H12O2/c7-5(8)3-1-2-4-6(9)10;1-2-3-4-5-6(7)8;1-5(2,3-6)4-7/h1-4H2,(H,7,8)(H,9,10);6-8H,2-5H2,1H3;6-7H,3-4H2,1-2H3. The van der Waals surface area contributed by atoms with Gasteiger partial charge in [-0.05, 0) is 25.7 Å². The SMILES string of the molecule is CC(C)(CO)CO.CCCCCC(O)O.O=C(O)CCCCC(=O)O. The molecule has 6 N–H and O–H groups in total. The summed E-state index contributed by atoms with van der Waals surface area (Å²) in [5, 5.41) is 49.8. The maximum absolute atomic E-state index is 9.90. The maximum atomic E-state index is 9.90. The molecule has 0 unspecified atom stereocenters. The van der Waals surface area contributed by atoms with Crippen LogP contribution in [0.3, 0.4) is 0 Å². The number of carboxylic acid groups (broad SMARTS) is 2. The number of hydrogen-bond acceptors (Lipinski definition) is 6. The molecule has 0 bridgehead atoms. The molecule has 0 aromatic rings. The van der Waals surface area contributed by atoms with Gasteiger partial charge in [-0.1, -0.05) is 33.6 Å². The Hall–Kier alpha value is -1.22. The number of rotatable bonds is 11. The Morgan fingerprint density at radius 1 is 0.840 bits per heavy atom. The average molecular weight is 368 g/mol. The number of carbonyl (C=O) groups is 2. The fraction of sp³-hybridized carbons (Fsp3) is 0.882. The highest BCUT2D eigenvalue weighted by molar-refractivity contribution is 5.67. The zero-order chi connectivity index (χ0) is 20.3. The Morgan fingerprint density at radius 2 is 1.24 bits per heavy atom. The van der Waals surface area contributed by atoms with Crippen molar-refractivity contribution in [1.29, 1.82) is 0 Å². The van der Waals surface area contributed by atoms with Crippen LogP contribution in [0.2, 0.25) is 0 Å². The third kappa shape index (κ3) is 34.9. The van der Waals surface area contributed by atoms with Gasteiger partial charge in [-0.2, -0.15) is 0 Å². The lowest BCUT2D eigenvalue weighted by atomic mass is 9.97. The quantitative estimate of drug-likeness (QED) is 0.237. The predicted octanol–water partition coefficient (Wildman–Crippen LogP) is 1.59. The van der Waals surface area contributed by atoms with Crippen LogP contribution < -0.4 is 0 Å². The van der Waals surface area contributed by atoms with Crippen molar-refractivity contribution in [1.82, 2.24) is 0 Å². The number of hydrogen-bond donors (Lipinski definition) is 6. The Balaban J connectivity index is -0.000000296. The molecule has 0 heterocycles. The van der Waals surface area contributed by atoms with Crippen molar-refractivity contribution in [2.75, 3.05) is 13.2 Å². The lowest BCUT2D eigenvalue weighted by molar-refractivity contribution is -0.139. The van der Waals surface area contributed by atoms with Gasteiger partial charge in [0.05, 0.1) is 13.2 Å². The van der Waals surface area contributed by atoms with Crippen LogP contribution >= 0.6 is 0 Å². The van der Waals surface area contributed by atoms with E-state index in [9.17, 15) is 9.59 Å². The highest BCUT2D eigenvalue weighted by Crippen LogP contribution is 2.10. The van der Waals surface area contributed by atoms with Crippen molar-refractivity contribution < 1.29 is 40.2 Å². The molecular weight excluding hydrogens is 332 g/mol. The second-order valence-corrected chi connectivity index (χ2v) is 6.45. The molecule has 0 saturated heterocycles. The van der Waals surface area contributed by atoms with Gasteiger partial charge in [-0.15, -0.1) is 0 Å². The van der Waals surface area contributed by atoms with Crippen LogP contribution in [-0.4, -0.2) is 62.1 Å². The van der Waals surface area contributed by atoms with Gasteiger partial charge in [0.2, 0.25) is 0 Å². The van der Waals surface area contributed by atoms with Crippen LogP contribution in [0.4, 0.5) is 0 Å². The lowest BCUT2D eigenvalue weighted by Gasteiger charge is -2.16. The molecule has 0 aliphatic rings. The third-order valence-electron chi connectivity index (χ3n) is 2.95. The van der Waals surface area contributed by atoms with Gasteiger partial charge in [0.1, 0.15) is 0 Å². The van der Waals surface area contributed by atoms with Gasteiger partial charge in [0.25, 0.3) is 0 Å². The Morgan fingerprint density at radius 3 is 1.44 bits per heavy atom. The van der Waals surface area contributed by atoms with Gasteiger partial charge >= 0.3 is 11.9 Å². The first kappa shape index (κ1) is 28.6. The van der Waals surface area contributed by atoms with Gasteiger partial charge in [0, 0.05) is 18.3 Å². The highest BCUT2D eigenvalue weighted by atomic mass is 16.5. The smallest absolute Gasteiger partial charge is 0.303 e. The van der Waals surface area contributed by atoms with Crippen LogP contribution in [0.1, 0.15) is 72.1 Å². The Labute approximate surface area is 150 Å². The topological polar surface area (TPSA) is 156 Å². The van der Waals surface area contributed by atoms with E-state index in [1.807, 2.05) is 0 Å². The molecule has 0 aliphatic carbocycles. The van der Waals surface area contributed by atoms with E-state index in [-0.39, 0.29) is 31.5 Å². The molecule has 0 spiro atoms. The molecule has 0 aliphatic heterocycles. The molecule has 8 heteroatoms. The molecule has 0 rings (SSSR count). The number of unbranched alkanes of at least 4 members (excludes halogenated alkanes) is 3. The number of aliphatic hydroxyl groups is 4. The molecule has 0 fully saturated rings. The number of aliphatic hydroxyl groups excluding tert-OH is 3. The second kappa shape index (κ2) is 19.1. The summed E-state index contributed by atoms with van der Waals surface area (Å²) in [7, 11) is 0. The summed E-state index contributed by atoms with van der Waals surface area (Å²) in [6.07, 6.45) is 3.59. The van der Waals surface area contributed by atoms with Gasteiger partial charge in [0.15, 0.2) is 6.29 Å². The molecule has 0 aromatic carbocycles. The first-order valence-electron chi connectivity index (χ1n) is 8.53. The number of carboxylic acids is 2. The van der Waals surface area contributed by atoms with Crippen molar-refractivity contribution in [2.24, 2.45) is 5.41 Å². The molecule has 0 amide bonds. The second-order valence-electron chi connectivity index (χ2n) is 6.45. The van der Waals surface area contributed by atoms with Crippen molar-refractivity contribution >= 4 is 11.9 Å². The van der Waals surface area contributed by atoms with Crippen molar-refractivity contribution in [3.63, 3.8) is 0 Å². The van der Waals surface area contributed by atoms with E-state index in [0.29, 0.717) is 19.3 Å². The molecule has 0 aromatic heterocycles. The Kier molecular flexibility index (Phi) is 21.8. The first-order valence-corrected chi connectivity index (χ1v) is 8.53. The van der Waals surface area contributed by atoms with Crippen LogP contribution in [0.25, 0.3) is 0 Å². The minimum Gasteiger partial charge on any atom is -0.481 e. The maximum Gasteiger partial charge on any atom is 0.303 e. The van der Waals surface area contributed by atoms with E-state index in [0.717, 1.165) is 19.3 Å². The summed E-state index contributed by atoms with van der Waals surface area (Å²) >= 11 is 0. The molecule has 25 heavy (non-hydrogen) atoms. The minimum atomic E-state index is -1.10. The average Bonchev–Trinajstić information content (AvgIpc) is 2.52. The van der Waals surface area contributed by atoms with Crippen molar-refractivity contribution in [3.8, 4) is 0 Å². The van der Waals surface area contributed by atoms with E-state index in [1.54, 1.807) is 13.8 Å². The predicted molar refractivity (Wildman–Crippen MR) is 94.1 cm³/mol. The molecule has 8 nitrogen and oxygen atoms in total. The van der Waals surface area contributed by atoms with E-state index in [2.05, 4.69) is 6.92 Å². The summed E-state index contributed by atoms with van der Waals surface area (Å²) < 4.78 is 0. The lowest BCUT2D eigenvalue weighted by Crippen LogP contribution is -2.20. The highest BCUT2D eigenvalue weighted by Gasteiger charge is 2.13. The van der Waals surface area contributed by atoms with E-state index < -0.39 is 18.2 Å². The molecule has 0 radical (unpaired) electrons. The molecular formula is C17H36O8. The fourth-order valence-electron chi connectivity index (χ4n) is 1.18. The molecule has 0 saturated carbocycles. The van der Waals surface area contributed by atoms with Gasteiger partial charge in [-0.3, -0.25) is 9.59 Å². The summed E-state index contributed by atoms with van der Waals surface area (Å²) in [4.78, 5) is 19.8. The molecule has 0 atom stereocenters. The van der Waals surface area contributed by atoms with Crippen molar-refractivity contribution in [3.05, 3.63) is 0 Å². The Bertz CT molecular complexity index is 294. The summed E-state index contributed by atoms with van der Waals surface area (Å²) in [5.74, 6) is -1.74. The fourth-order valence-corrected chi connectivity index (χ4v) is 1.18. The monoisotopic (exact) mass is 368 g/mol. The third-order valence-corrected chi connectivity index (χ3v) is 2.95. The van der Waals surface area contributed by atoms with Gasteiger partial charge in [-0.25, -0.2) is 0 Å². The first-order chi connectivity index (χ1) is 11.5.